The second kappa shape index (κ2) is 8.69. The van der Waals surface area contributed by atoms with Crippen molar-refractivity contribution in [2.45, 2.75) is 26.1 Å². The fourth-order valence-electron chi connectivity index (χ4n) is 3.38. The van der Waals surface area contributed by atoms with Gasteiger partial charge >= 0.3 is 6.18 Å². The van der Waals surface area contributed by atoms with Crippen LogP contribution in [-0.4, -0.2) is 20.8 Å². The highest BCUT2D eigenvalue weighted by Gasteiger charge is 2.31. The van der Waals surface area contributed by atoms with Crippen LogP contribution >= 0.6 is 0 Å². The Morgan fingerprint density at radius 3 is 2.56 bits per heavy atom. The highest BCUT2D eigenvalue weighted by molar-refractivity contribution is 5.92. The lowest BCUT2D eigenvalue weighted by molar-refractivity contribution is -0.137. The van der Waals surface area contributed by atoms with E-state index in [1.807, 2.05) is 0 Å². The lowest BCUT2D eigenvalue weighted by Crippen LogP contribution is -2.24. The summed E-state index contributed by atoms with van der Waals surface area (Å²) in [5, 5.41) is 10.1. The smallest absolute Gasteiger partial charge is 0.354 e. The number of alkyl halides is 3. The topological polar surface area (TPSA) is 90.0 Å². The molecule has 4 rings (SSSR count). The molecule has 0 saturated heterocycles. The number of aromatic nitrogens is 3. The van der Waals surface area contributed by atoms with Gasteiger partial charge in [0, 0.05) is 19.0 Å². The molecule has 1 amide bonds. The number of rotatable bonds is 5. The minimum atomic E-state index is -4.65. The molecule has 0 saturated carbocycles. The number of hydrogen-bond donors (Lipinski definition) is 1. The molecular formula is C22H15F5N4O3. The van der Waals surface area contributed by atoms with E-state index in [1.54, 1.807) is 0 Å². The molecule has 0 unspecified atom stereocenters. The van der Waals surface area contributed by atoms with Gasteiger partial charge < -0.3 is 9.84 Å². The van der Waals surface area contributed by atoms with Gasteiger partial charge in [-0.2, -0.15) is 18.3 Å². The summed E-state index contributed by atoms with van der Waals surface area (Å²) in [5.74, 6) is -2.08. The van der Waals surface area contributed by atoms with Gasteiger partial charge in [-0.05, 0) is 48.4 Å². The molecule has 12 heteroatoms. The quantitative estimate of drug-likeness (QED) is 0.425. The first-order valence-corrected chi connectivity index (χ1v) is 9.83. The highest BCUT2D eigenvalue weighted by Crippen LogP contribution is 2.31. The number of nitrogens with one attached hydrogen (secondary N) is 1. The van der Waals surface area contributed by atoms with E-state index in [-0.39, 0.29) is 46.4 Å². The van der Waals surface area contributed by atoms with Crippen molar-refractivity contribution in [1.82, 2.24) is 14.9 Å². The van der Waals surface area contributed by atoms with Crippen molar-refractivity contribution in [2.75, 3.05) is 5.32 Å². The number of aryl methyl sites for hydroxylation is 2. The number of fused-ring (bicyclic) bond motifs is 1. The third-order valence-electron chi connectivity index (χ3n) is 4.99. The predicted octanol–water partition coefficient (Wildman–Crippen LogP) is 4.55. The summed E-state index contributed by atoms with van der Waals surface area (Å²) in [6.07, 6.45) is -3.78. The van der Waals surface area contributed by atoms with Gasteiger partial charge in [0.1, 0.15) is 22.7 Å². The number of anilines is 1. The van der Waals surface area contributed by atoms with Crippen LogP contribution in [0.1, 0.15) is 18.1 Å². The predicted molar refractivity (Wildman–Crippen MR) is 111 cm³/mol. The first kappa shape index (κ1) is 23.1. The molecular weight excluding hydrogens is 463 g/mol. The molecule has 0 radical (unpaired) electrons. The monoisotopic (exact) mass is 478 g/mol. The Bertz CT molecular complexity index is 1460. The first-order valence-electron chi connectivity index (χ1n) is 9.83. The van der Waals surface area contributed by atoms with Gasteiger partial charge in [-0.15, -0.1) is 0 Å². The van der Waals surface area contributed by atoms with E-state index < -0.39 is 34.8 Å². The Balaban J connectivity index is 1.75. The molecule has 34 heavy (non-hydrogen) atoms. The number of hydrogen-bond acceptors (Lipinski definition) is 5. The summed E-state index contributed by atoms with van der Waals surface area (Å²) >= 11 is 0. The molecule has 0 aliphatic carbocycles. The number of amides is 1. The van der Waals surface area contributed by atoms with Gasteiger partial charge in [0.05, 0.1) is 17.4 Å². The summed E-state index contributed by atoms with van der Waals surface area (Å²) in [7, 11) is 0. The highest BCUT2D eigenvalue weighted by atomic mass is 19.4. The molecule has 0 aliphatic heterocycles. The molecule has 0 bridgehead atoms. The summed E-state index contributed by atoms with van der Waals surface area (Å²) < 4.78 is 73.2. The second-order valence-corrected chi connectivity index (χ2v) is 7.38. The lowest BCUT2D eigenvalue weighted by Gasteiger charge is -2.12. The zero-order chi connectivity index (χ0) is 24.6. The van der Waals surface area contributed by atoms with Crippen LogP contribution in [-0.2, 0) is 23.9 Å². The van der Waals surface area contributed by atoms with Crippen LogP contribution in [0.3, 0.4) is 0 Å². The Morgan fingerprint density at radius 2 is 1.85 bits per heavy atom. The molecule has 4 aromatic rings. The number of carbonyl (C=O) groups is 1. The Morgan fingerprint density at radius 1 is 1.12 bits per heavy atom. The van der Waals surface area contributed by atoms with Gasteiger partial charge in [0.25, 0.3) is 5.56 Å². The van der Waals surface area contributed by atoms with E-state index in [0.717, 1.165) is 16.9 Å². The second-order valence-electron chi connectivity index (χ2n) is 7.38. The minimum Gasteiger partial charge on any atom is -0.354 e. The van der Waals surface area contributed by atoms with Gasteiger partial charge in [-0.3, -0.25) is 9.59 Å². The summed E-state index contributed by atoms with van der Waals surface area (Å²) in [6, 6.07) is 5.72. The molecule has 2 heterocycles. The van der Waals surface area contributed by atoms with Crippen molar-refractivity contribution in [3.05, 3.63) is 75.7 Å². The van der Waals surface area contributed by atoms with E-state index in [4.69, 9.17) is 4.52 Å². The lowest BCUT2D eigenvalue weighted by atomic mass is 10.1. The van der Waals surface area contributed by atoms with Crippen LogP contribution in [0.25, 0.3) is 22.2 Å². The van der Waals surface area contributed by atoms with E-state index in [2.05, 4.69) is 15.6 Å². The summed E-state index contributed by atoms with van der Waals surface area (Å²) in [6.45, 7) is 0.942. The SMILES string of the molecule is CC(=O)Nc1cc(-c2nn(CCc3cc(C(F)(F)F)ccc3F)c(=O)c3cnoc23)ccc1F. The maximum Gasteiger partial charge on any atom is 0.416 e. The number of carbonyl (C=O) groups excluding carboxylic acids is 1. The van der Waals surface area contributed by atoms with Gasteiger partial charge in [0.15, 0.2) is 5.58 Å². The number of halogens is 5. The Labute approximate surface area is 187 Å². The third-order valence-corrected chi connectivity index (χ3v) is 4.99. The Kier molecular flexibility index (Phi) is 5.90. The number of benzene rings is 2. The van der Waals surface area contributed by atoms with Gasteiger partial charge in [-0.1, -0.05) is 5.16 Å². The zero-order valence-corrected chi connectivity index (χ0v) is 17.4. The average molecular weight is 478 g/mol. The van der Waals surface area contributed by atoms with E-state index in [0.29, 0.717) is 18.2 Å². The Hall–Kier alpha value is -4.09. The molecule has 0 aliphatic rings. The van der Waals surface area contributed by atoms with E-state index in [9.17, 15) is 31.5 Å². The zero-order valence-electron chi connectivity index (χ0n) is 17.4. The third kappa shape index (κ3) is 4.51. The van der Waals surface area contributed by atoms with E-state index in [1.165, 1.54) is 19.1 Å². The molecule has 0 spiro atoms. The first-order chi connectivity index (χ1) is 16.0. The fraction of sp³-hybridized carbons (Fsp3) is 0.182. The van der Waals surface area contributed by atoms with Crippen molar-refractivity contribution < 1.29 is 31.3 Å². The van der Waals surface area contributed by atoms with Crippen molar-refractivity contribution in [2.24, 2.45) is 0 Å². The van der Waals surface area contributed by atoms with Crippen molar-refractivity contribution in [1.29, 1.82) is 0 Å². The van der Waals surface area contributed by atoms with Crippen LogP contribution in [0.4, 0.5) is 27.6 Å². The molecule has 2 aromatic heterocycles. The maximum atomic E-state index is 14.1. The summed E-state index contributed by atoms with van der Waals surface area (Å²) in [5.41, 5.74) is -1.72. The molecule has 2 aromatic carbocycles. The maximum absolute atomic E-state index is 14.1. The molecule has 7 nitrogen and oxygen atoms in total. The van der Waals surface area contributed by atoms with Crippen molar-refractivity contribution in [3.63, 3.8) is 0 Å². The van der Waals surface area contributed by atoms with Gasteiger partial charge in [-0.25, -0.2) is 13.5 Å². The normalized spacial score (nSPS) is 11.7. The van der Waals surface area contributed by atoms with Crippen LogP contribution in [0.5, 0.6) is 0 Å². The molecule has 176 valence electrons. The van der Waals surface area contributed by atoms with Crippen LogP contribution in [0, 0.1) is 11.6 Å². The van der Waals surface area contributed by atoms with Gasteiger partial charge in [0.2, 0.25) is 5.91 Å². The van der Waals surface area contributed by atoms with Crippen LogP contribution in [0.2, 0.25) is 0 Å². The molecule has 0 fully saturated rings. The van der Waals surface area contributed by atoms with Crippen molar-refractivity contribution in [3.8, 4) is 11.3 Å². The standard InChI is InChI=1S/C22H15F5N4O3/c1-11(32)29-18-9-13(2-4-17(18)24)19-20-15(10-28-34-20)21(33)31(30-19)7-6-12-8-14(22(25,26)27)3-5-16(12)23/h2-5,8-10H,6-7H2,1H3,(H,29,32). The largest absolute Gasteiger partial charge is 0.416 e. The number of nitrogens with zero attached hydrogens (tertiary/aromatic N) is 3. The fourth-order valence-corrected chi connectivity index (χ4v) is 3.38. The van der Waals surface area contributed by atoms with E-state index >= 15 is 0 Å². The minimum absolute atomic E-state index is 0.00752. The molecule has 0 atom stereocenters. The van der Waals surface area contributed by atoms with Crippen LogP contribution in [0.15, 0.2) is 51.9 Å². The average Bonchev–Trinajstić information content (AvgIpc) is 3.25. The summed E-state index contributed by atoms with van der Waals surface area (Å²) in [4.78, 5) is 24.1. The van der Waals surface area contributed by atoms with Crippen molar-refractivity contribution >= 4 is 22.6 Å². The van der Waals surface area contributed by atoms with Crippen LogP contribution < -0.4 is 10.9 Å². The molecule has 1 N–H and O–H groups in total.